The van der Waals surface area contributed by atoms with Crippen LogP contribution in [-0.2, 0) is 12.8 Å². The summed E-state index contributed by atoms with van der Waals surface area (Å²) in [6.45, 7) is 8.09. The Morgan fingerprint density at radius 2 is 1.39 bits per heavy atom. The van der Waals surface area contributed by atoms with Gasteiger partial charge in [-0.2, -0.15) is 0 Å². The molecule has 0 aliphatic heterocycles. The van der Waals surface area contributed by atoms with Crippen LogP contribution in [0.5, 0.6) is 0 Å². The molecule has 0 spiro atoms. The Morgan fingerprint density at radius 3 is 1.86 bits per heavy atom. The number of aromatic nitrogens is 2. The van der Waals surface area contributed by atoms with Crippen molar-refractivity contribution in [3.63, 3.8) is 0 Å². The molecule has 0 saturated heterocycles. The van der Waals surface area contributed by atoms with E-state index in [2.05, 4.69) is 29.0 Å². The first kappa shape index (κ1) is 20.6. The lowest BCUT2D eigenvalue weighted by molar-refractivity contribution is 0.410. The molecule has 2 fully saturated rings. The molecule has 2 aliphatic rings. The average Bonchev–Trinajstić information content (AvgIpc) is 2.51. The normalized spacial score (nSPS) is 16.7. The van der Waals surface area contributed by atoms with Gasteiger partial charge in [0.25, 0.3) is 11.1 Å². The van der Waals surface area contributed by atoms with Crippen molar-refractivity contribution in [2.75, 3.05) is 0 Å². The van der Waals surface area contributed by atoms with Gasteiger partial charge >= 0.3 is 0 Å². The molecule has 4 heteroatoms. The van der Waals surface area contributed by atoms with Crippen molar-refractivity contribution in [1.82, 2.24) is 9.97 Å². The SMILES string of the molecule is CCc1c(C)cc(C2CCC2)[nH]c1=O.CCc1c(C2CCC2)cc(C)[nH]c1=O. The molecule has 2 aromatic rings. The molecule has 4 nitrogen and oxygen atoms in total. The lowest BCUT2D eigenvalue weighted by Gasteiger charge is -2.27. The lowest BCUT2D eigenvalue weighted by atomic mass is 9.78. The number of hydrogen-bond donors (Lipinski definition) is 2. The van der Waals surface area contributed by atoms with Crippen molar-refractivity contribution < 1.29 is 0 Å². The largest absolute Gasteiger partial charge is 0.326 e. The Morgan fingerprint density at radius 1 is 0.821 bits per heavy atom. The summed E-state index contributed by atoms with van der Waals surface area (Å²) >= 11 is 0. The monoisotopic (exact) mass is 382 g/mol. The van der Waals surface area contributed by atoms with Gasteiger partial charge in [-0.1, -0.05) is 26.7 Å². The molecule has 0 bridgehead atoms. The fourth-order valence-corrected chi connectivity index (χ4v) is 4.31. The molecule has 2 aromatic heterocycles. The highest BCUT2D eigenvalue weighted by molar-refractivity contribution is 5.31. The van der Waals surface area contributed by atoms with Gasteiger partial charge in [0.1, 0.15) is 0 Å². The Bertz CT molecular complexity index is 929. The number of rotatable bonds is 4. The molecule has 2 N–H and O–H groups in total. The molecule has 152 valence electrons. The van der Waals surface area contributed by atoms with Gasteiger partial charge in [-0.15, -0.1) is 0 Å². The Hall–Kier alpha value is -2.10. The third-order valence-electron chi connectivity index (χ3n) is 6.48. The van der Waals surface area contributed by atoms with E-state index in [0.717, 1.165) is 40.9 Å². The second kappa shape index (κ2) is 8.93. The molecule has 0 amide bonds. The Labute approximate surface area is 167 Å². The van der Waals surface area contributed by atoms with E-state index in [1.807, 2.05) is 20.8 Å². The molecule has 0 radical (unpaired) electrons. The van der Waals surface area contributed by atoms with Gasteiger partial charge in [-0.3, -0.25) is 9.59 Å². The summed E-state index contributed by atoms with van der Waals surface area (Å²) < 4.78 is 0. The first-order valence-electron chi connectivity index (χ1n) is 10.9. The molecule has 0 aromatic carbocycles. The van der Waals surface area contributed by atoms with Crippen LogP contribution in [0.2, 0.25) is 0 Å². The number of hydrogen-bond acceptors (Lipinski definition) is 2. The molecule has 28 heavy (non-hydrogen) atoms. The van der Waals surface area contributed by atoms with Gasteiger partial charge in [-0.25, -0.2) is 0 Å². The molecular weight excluding hydrogens is 348 g/mol. The van der Waals surface area contributed by atoms with Crippen LogP contribution in [0.3, 0.4) is 0 Å². The van der Waals surface area contributed by atoms with E-state index in [9.17, 15) is 9.59 Å². The summed E-state index contributed by atoms with van der Waals surface area (Å²) in [6, 6.07) is 4.31. The van der Waals surface area contributed by atoms with Gasteiger partial charge < -0.3 is 9.97 Å². The van der Waals surface area contributed by atoms with E-state index in [1.165, 1.54) is 44.1 Å². The van der Waals surface area contributed by atoms with Crippen LogP contribution in [0, 0.1) is 13.8 Å². The quantitative estimate of drug-likeness (QED) is 0.779. The molecule has 2 saturated carbocycles. The first-order chi connectivity index (χ1) is 13.4. The van der Waals surface area contributed by atoms with Crippen LogP contribution in [0.4, 0.5) is 0 Å². The van der Waals surface area contributed by atoms with Gasteiger partial charge in [0.2, 0.25) is 0 Å². The summed E-state index contributed by atoms with van der Waals surface area (Å²) in [4.78, 5) is 29.3. The van der Waals surface area contributed by atoms with Crippen molar-refractivity contribution >= 4 is 0 Å². The maximum absolute atomic E-state index is 11.7. The molecule has 2 aliphatic carbocycles. The van der Waals surface area contributed by atoms with Gasteiger partial charge in [0, 0.05) is 22.5 Å². The smallest absolute Gasteiger partial charge is 0.251 e. The first-order valence-corrected chi connectivity index (χ1v) is 10.9. The minimum Gasteiger partial charge on any atom is -0.326 e. The van der Waals surface area contributed by atoms with E-state index < -0.39 is 0 Å². The van der Waals surface area contributed by atoms with Crippen molar-refractivity contribution in [2.45, 2.75) is 90.9 Å². The van der Waals surface area contributed by atoms with Crippen molar-refractivity contribution in [3.05, 3.63) is 66.5 Å². The van der Waals surface area contributed by atoms with E-state index >= 15 is 0 Å². The number of aromatic amines is 2. The van der Waals surface area contributed by atoms with E-state index in [1.54, 1.807) is 0 Å². The van der Waals surface area contributed by atoms with E-state index in [0.29, 0.717) is 11.8 Å². The highest BCUT2D eigenvalue weighted by Gasteiger charge is 2.23. The van der Waals surface area contributed by atoms with Gasteiger partial charge in [0.15, 0.2) is 0 Å². The number of H-pyrrole nitrogens is 2. The summed E-state index contributed by atoms with van der Waals surface area (Å²) in [5, 5.41) is 0. The van der Waals surface area contributed by atoms with Crippen LogP contribution >= 0.6 is 0 Å². The highest BCUT2D eigenvalue weighted by Crippen LogP contribution is 2.37. The summed E-state index contributed by atoms with van der Waals surface area (Å²) in [5.74, 6) is 1.28. The predicted molar refractivity (Wildman–Crippen MR) is 116 cm³/mol. The van der Waals surface area contributed by atoms with Gasteiger partial charge in [-0.05, 0) is 87.5 Å². The maximum atomic E-state index is 11.7. The van der Waals surface area contributed by atoms with Crippen LogP contribution in [0.1, 0.15) is 97.8 Å². The zero-order valence-corrected chi connectivity index (χ0v) is 17.8. The summed E-state index contributed by atoms with van der Waals surface area (Å²) in [6.07, 6.45) is 9.29. The zero-order valence-electron chi connectivity index (χ0n) is 17.8. The van der Waals surface area contributed by atoms with Crippen LogP contribution in [0.25, 0.3) is 0 Å². The second-order valence-corrected chi connectivity index (χ2v) is 8.39. The standard InChI is InChI=1S/2C12H17NO/c1-3-10-11(9-5-4-6-9)7-8(2)13-12(10)14;1-3-10-8(2)7-11(13-12(10)14)9-5-4-6-9/h2*7,9H,3-6H2,1-2H3,(H,13,14). The van der Waals surface area contributed by atoms with E-state index in [4.69, 9.17) is 0 Å². The topological polar surface area (TPSA) is 65.7 Å². The third-order valence-corrected chi connectivity index (χ3v) is 6.48. The third kappa shape index (κ3) is 4.31. The molecule has 2 heterocycles. The van der Waals surface area contributed by atoms with E-state index in [-0.39, 0.29) is 11.1 Å². The number of aryl methyl sites for hydroxylation is 2. The predicted octanol–water partition coefficient (Wildman–Crippen LogP) is 5.03. The maximum Gasteiger partial charge on any atom is 0.251 e. The average molecular weight is 383 g/mol. The zero-order chi connectivity index (χ0) is 20.3. The molecular formula is C24H34N2O2. The lowest BCUT2D eigenvalue weighted by Crippen LogP contribution is -2.20. The number of nitrogens with one attached hydrogen (secondary N) is 2. The van der Waals surface area contributed by atoms with Crippen LogP contribution in [-0.4, -0.2) is 9.97 Å². The minimum absolute atomic E-state index is 0.120. The number of pyridine rings is 2. The highest BCUT2D eigenvalue weighted by atomic mass is 16.1. The van der Waals surface area contributed by atoms with Crippen LogP contribution in [0.15, 0.2) is 21.7 Å². The summed E-state index contributed by atoms with van der Waals surface area (Å²) in [5.41, 5.74) is 6.78. The van der Waals surface area contributed by atoms with Crippen molar-refractivity contribution in [2.24, 2.45) is 0 Å². The molecule has 0 atom stereocenters. The Balaban J connectivity index is 0.000000161. The fraction of sp³-hybridized carbons (Fsp3) is 0.583. The summed E-state index contributed by atoms with van der Waals surface area (Å²) in [7, 11) is 0. The van der Waals surface area contributed by atoms with Crippen molar-refractivity contribution in [1.29, 1.82) is 0 Å². The van der Waals surface area contributed by atoms with Crippen molar-refractivity contribution in [3.8, 4) is 0 Å². The molecule has 0 unspecified atom stereocenters. The second-order valence-electron chi connectivity index (χ2n) is 8.39. The fourth-order valence-electron chi connectivity index (χ4n) is 4.31. The van der Waals surface area contributed by atoms with Crippen LogP contribution < -0.4 is 11.1 Å². The molecule has 4 rings (SSSR count). The van der Waals surface area contributed by atoms with Gasteiger partial charge in [0.05, 0.1) is 0 Å². The minimum atomic E-state index is 0.120. The Kier molecular flexibility index (Phi) is 6.58.